The summed E-state index contributed by atoms with van der Waals surface area (Å²) < 4.78 is 0. The van der Waals surface area contributed by atoms with Crippen LogP contribution in [0.2, 0.25) is 0 Å². The van der Waals surface area contributed by atoms with E-state index in [0.29, 0.717) is 6.10 Å². The number of hydroxylamine groups is 2. The molecule has 1 saturated carbocycles. The van der Waals surface area contributed by atoms with E-state index in [1.54, 1.807) is 5.06 Å². The molecule has 2 N–H and O–H groups in total. The minimum atomic E-state index is 0.289. The van der Waals surface area contributed by atoms with Gasteiger partial charge in [-0.2, -0.15) is 5.06 Å². The lowest BCUT2D eigenvalue weighted by Gasteiger charge is -2.07. The van der Waals surface area contributed by atoms with E-state index in [0.717, 1.165) is 6.42 Å². The third kappa shape index (κ3) is 1.43. The Morgan fingerprint density at radius 1 is 1.62 bits per heavy atom. The van der Waals surface area contributed by atoms with Gasteiger partial charge in [0.05, 0.1) is 6.10 Å². The molecule has 0 spiro atoms. The summed E-state index contributed by atoms with van der Waals surface area (Å²) in [5, 5.41) is 1.69. The molecule has 0 aromatic rings. The molecule has 0 amide bonds. The van der Waals surface area contributed by atoms with Crippen molar-refractivity contribution in [1.29, 1.82) is 0 Å². The standard InChI is InChI=1S/C5H12N2O/c1-7(2)8-5-3-4(5)6/h4-5H,3,6H2,1-2H3/t4-,5-/m1/s1. The van der Waals surface area contributed by atoms with Gasteiger partial charge in [-0.1, -0.05) is 0 Å². The number of hydrogen-bond donors (Lipinski definition) is 1. The molecule has 1 rings (SSSR count). The molecule has 0 unspecified atom stereocenters. The SMILES string of the molecule is CN(C)O[C@@H]1C[C@H]1N. The second-order valence-corrected chi connectivity index (χ2v) is 2.36. The third-order valence-electron chi connectivity index (χ3n) is 1.13. The molecule has 0 radical (unpaired) electrons. The average Bonchev–Trinajstić information content (AvgIpc) is 2.17. The second-order valence-electron chi connectivity index (χ2n) is 2.36. The van der Waals surface area contributed by atoms with Crippen LogP contribution in [0.15, 0.2) is 0 Å². The van der Waals surface area contributed by atoms with Crippen LogP contribution < -0.4 is 5.73 Å². The van der Waals surface area contributed by atoms with E-state index < -0.39 is 0 Å². The minimum Gasteiger partial charge on any atom is -0.325 e. The maximum absolute atomic E-state index is 5.46. The van der Waals surface area contributed by atoms with Gasteiger partial charge in [0.25, 0.3) is 0 Å². The monoisotopic (exact) mass is 116 g/mol. The van der Waals surface area contributed by atoms with Crippen LogP contribution in [0.3, 0.4) is 0 Å². The van der Waals surface area contributed by atoms with Crippen LogP contribution in [-0.2, 0) is 4.84 Å². The Labute approximate surface area is 49.4 Å². The molecule has 1 fully saturated rings. The zero-order valence-corrected chi connectivity index (χ0v) is 5.29. The Kier molecular flexibility index (Phi) is 1.51. The van der Waals surface area contributed by atoms with E-state index >= 15 is 0 Å². The summed E-state index contributed by atoms with van der Waals surface area (Å²) in [4.78, 5) is 5.18. The van der Waals surface area contributed by atoms with Crippen LogP contribution in [0.1, 0.15) is 6.42 Å². The number of nitrogens with two attached hydrogens (primary N) is 1. The van der Waals surface area contributed by atoms with Crippen molar-refractivity contribution < 1.29 is 4.84 Å². The van der Waals surface area contributed by atoms with Crippen LogP contribution in [0.25, 0.3) is 0 Å². The van der Waals surface area contributed by atoms with Crippen molar-refractivity contribution in [3.8, 4) is 0 Å². The van der Waals surface area contributed by atoms with Gasteiger partial charge in [0.1, 0.15) is 0 Å². The summed E-state index contributed by atoms with van der Waals surface area (Å²) >= 11 is 0. The quantitative estimate of drug-likeness (QED) is 0.498. The third-order valence-corrected chi connectivity index (χ3v) is 1.13. The molecule has 0 aliphatic heterocycles. The van der Waals surface area contributed by atoms with Crippen molar-refractivity contribution in [2.75, 3.05) is 14.1 Å². The van der Waals surface area contributed by atoms with Gasteiger partial charge < -0.3 is 5.73 Å². The molecule has 3 nitrogen and oxygen atoms in total. The van der Waals surface area contributed by atoms with E-state index in [2.05, 4.69) is 0 Å². The first-order valence-corrected chi connectivity index (χ1v) is 2.80. The number of nitrogens with zero attached hydrogens (tertiary/aromatic N) is 1. The maximum Gasteiger partial charge on any atom is 0.0960 e. The Morgan fingerprint density at radius 3 is 2.25 bits per heavy atom. The summed E-state index contributed by atoms with van der Waals surface area (Å²) in [6, 6.07) is 0.289. The zero-order chi connectivity index (χ0) is 6.15. The van der Waals surface area contributed by atoms with Gasteiger partial charge in [0.2, 0.25) is 0 Å². The summed E-state index contributed by atoms with van der Waals surface area (Å²) in [7, 11) is 3.73. The van der Waals surface area contributed by atoms with Crippen molar-refractivity contribution >= 4 is 0 Å². The van der Waals surface area contributed by atoms with Gasteiger partial charge in [-0.15, -0.1) is 0 Å². The number of rotatable bonds is 2. The molecule has 48 valence electrons. The van der Waals surface area contributed by atoms with Crippen molar-refractivity contribution in [1.82, 2.24) is 5.06 Å². The Morgan fingerprint density at radius 2 is 2.12 bits per heavy atom. The summed E-state index contributed by atoms with van der Waals surface area (Å²) in [6.07, 6.45) is 1.31. The normalized spacial score (nSPS) is 36.0. The van der Waals surface area contributed by atoms with Crippen LogP contribution in [0.4, 0.5) is 0 Å². The second kappa shape index (κ2) is 2.01. The molecule has 3 heteroatoms. The first-order chi connectivity index (χ1) is 3.70. The van der Waals surface area contributed by atoms with E-state index in [1.165, 1.54) is 0 Å². The number of hydrogen-bond acceptors (Lipinski definition) is 3. The van der Waals surface area contributed by atoms with Gasteiger partial charge >= 0.3 is 0 Å². The fourth-order valence-electron chi connectivity index (χ4n) is 0.582. The van der Waals surface area contributed by atoms with Crippen LogP contribution >= 0.6 is 0 Å². The molecule has 0 saturated heterocycles. The maximum atomic E-state index is 5.46. The summed E-state index contributed by atoms with van der Waals surface area (Å²) in [5.41, 5.74) is 5.46. The molecular weight excluding hydrogens is 104 g/mol. The van der Waals surface area contributed by atoms with Crippen molar-refractivity contribution in [2.24, 2.45) is 5.73 Å². The highest BCUT2D eigenvalue weighted by atomic mass is 16.7. The van der Waals surface area contributed by atoms with Gasteiger partial charge in [-0.05, 0) is 6.42 Å². The molecule has 8 heavy (non-hydrogen) atoms. The predicted molar refractivity (Wildman–Crippen MR) is 31.2 cm³/mol. The smallest absolute Gasteiger partial charge is 0.0960 e. The average molecular weight is 116 g/mol. The largest absolute Gasteiger partial charge is 0.325 e. The van der Waals surface area contributed by atoms with Gasteiger partial charge in [0.15, 0.2) is 0 Å². The zero-order valence-electron chi connectivity index (χ0n) is 5.29. The Hall–Kier alpha value is -0.120. The topological polar surface area (TPSA) is 38.5 Å². The Bertz CT molecular complexity index is 84.5. The molecule has 0 bridgehead atoms. The van der Waals surface area contributed by atoms with Gasteiger partial charge in [0, 0.05) is 20.1 Å². The lowest BCUT2D eigenvalue weighted by atomic mass is 10.7. The van der Waals surface area contributed by atoms with Crippen LogP contribution in [0, 0.1) is 0 Å². The highest BCUT2D eigenvalue weighted by molar-refractivity contribution is 4.90. The molecular formula is C5H12N2O. The molecule has 1 aliphatic rings. The van der Waals surface area contributed by atoms with Gasteiger partial charge in [-0.25, -0.2) is 0 Å². The summed E-state index contributed by atoms with van der Waals surface area (Å²) in [5.74, 6) is 0. The van der Waals surface area contributed by atoms with E-state index in [-0.39, 0.29) is 6.04 Å². The van der Waals surface area contributed by atoms with E-state index in [1.807, 2.05) is 14.1 Å². The lowest BCUT2D eigenvalue weighted by molar-refractivity contribution is -0.132. The van der Waals surface area contributed by atoms with E-state index in [4.69, 9.17) is 10.6 Å². The van der Waals surface area contributed by atoms with Crippen molar-refractivity contribution in [3.63, 3.8) is 0 Å². The van der Waals surface area contributed by atoms with Crippen molar-refractivity contribution in [3.05, 3.63) is 0 Å². The fraction of sp³-hybridized carbons (Fsp3) is 1.00. The summed E-state index contributed by atoms with van der Waals surface area (Å²) in [6.45, 7) is 0. The molecule has 1 aliphatic carbocycles. The Balaban J connectivity index is 2.05. The van der Waals surface area contributed by atoms with E-state index in [9.17, 15) is 0 Å². The first kappa shape index (κ1) is 6.01. The highest BCUT2D eigenvalue weighted by Crippen LogP contribution is 2.22. The fourth-order valence-corrected chi connectivity index (χ4v) is 0.582. The highest BCUT2D eigenvalue weighted by Gasteiger charge is 2.35. The van der Waals surface area contributed by atoms with Crippen LogP contribution in [-0.4, -0.2) is 31.3 Å². The molecule has 0 aromatic heterocycles. The lowest BCUT2D eigenvalue weighted by Crippen LogP contribution is -2.18. The molecule has 2 atom stereocenters. The molecule has 0 aromatic carbocycles. The minimum absolute atomic E-state index is 0.289. The van der Waals surface area contributed by atoms with Crippen LogP contribution in [0.5, 0.6) is 0 Å². The molecule has 0 heterocycles. The van der Waals surface area contributed by atoms with Crippen molar-refractivity contribution in [2.45, 2.75) is 18.6 Å². The first-order valence-electron chi connectivity index (χ1n) is 2.80. The van der Waals surface area contributed by atoms with Gasteiger partial charge in [-0.3, -0.25) is 4.84 Å². The predicted octanol–water partition coefficient (Wildman–Crippen LogP) is -0.421.